The van der Waals surface area contributed by atoms with Crippen LogP contribution in [0.5, 0.6) is 0 Å². The van der Waals surface area contributed by atoms with Gasteiger partial charge in [0.05, 0.1) is 50.2 Å². The van der Waals surface area contributed by atoms with Crippen molar-refractivity contribution < 1.29 is 0 Å². The van der Waals surface area contributed by atoms with E-state index >= 15 is 0 Å². The van der Waals surface area contributed by atoms with Crippen molar-refractivity contribution in [1.29, 1.82) is 0 Å². The molecule has 0 unspecified atom stereocenters. The Hall–Kier alpha value is -19.2. The summed E-state index contributed by atoms with van der Waals surface area (Å²) in [6.45, 7) is 0. The standard InChI is InChI=1S/C50H32N2.C44H28N2.C43H27N3/c1-4-13-33(14-5-1)39-27-28-42-45(31-39)48(36-17-8-3-9-18-36)41-21-11-10-20-40(41)47(42)37-24-22-34(23-25-37)44-32-46(35-15-6-2-7-16-35)52-50-43(44)29-26-38-19-12-30-51-49(38)50;1-3-12-29(13-4-1)30-21-23-32(24-22-30)41-34-17-7-9-19-36(34)42(37-20-10-8-18-35(37)41)39-28-40(31-14-5-2-6-15-31)46-44-38(39)26-25-33-16-11-27-45-43(33)44;1-2-10-29(11-3-1)39-26-38(37-23-22-31-12-9-25-45-42(31)43(37)46-39)28-18-20-30(21-19-28)40-33-14-4-6-16-35(33)41(32-13-8-24-44-27-32)36-17-7-5-15-34(36)40/h1-32H;1-28H;1-27H. The first-order valence-electron chi connectivity index (χ1n) is 48.9. The number of fused-ring (bicyclic) bond motifs is 15. The Morgan fingerprint density at radius 2 is 0.361 bits per heavy atom. The number of hydrogen-bond acceptors (Lipinski definition) is 7. The maximum atomic E-state index is 5.26. The Labute approximate surface area is 832 Å². The highest BCUT2D eigenvalue weighted by Gasteiger charge is 2.26. The van der Waals surface area contributed by atoms with E-state index in [4.69, 9.17) is 29.9 Å². The highest BCUT2D eigenvalue weighted by atomic mass is 14.8. The van der Waals surface area contributed by atoms with E-state index in [0.717, 1.165) is 133 Å². The first-order valence-corrected chi connectivity index (χ1v) is 48.9. The van der Waals surface area contributed by atoms with Crippen LogP contribution >= 0.6 is 0 Å². The fraction of sp³-hybridized carbons (Fsp3) is 0. The van der Waals surface area contributed by atoms with E-state index in [0.29, 0.717) is 0 Å². The lowest BCUT2D eigenvalue weighted by Gasteiger charge is -2.20. The van der Waals surface area contributed by atoms with Gasteiger partial charge in [-0.3, -0.25) is 19.9 Å². The van der Waals surface area contributed by atoms with Gasteiger partial charge in [-0.25, -0.2) is 15.0 Å². The van der Waals surface area contributed by atoms with E-state index in [-0.39, 0.29) is 0 Å². The zero-order chi connectivity index (χ0) is 95.3. The van der Waals surface area contributed by atoms with Crippen molar-refractivity contribution in [3.05, 3.63) is 528 Å². The molecule has 144 heavy (non-hydrogen) atoms. The van der Waals surface area contributed by atoms with Gasteiger partial charge in [0, 0.05) is 85.6 Å². The van der Waals surface area contributed by atoms with Gasteiger partial charge in [-0.1, -0.05) is 449 Å². The van der Waals surface area contributed by atoms with Crippen LogP contribution in [0.2, 0.25) is 0 Å². The van der Waals surface area contributed by atoms with Crippen LogP contribution in [0.1, 0.15) is 0 Å². The predicted octanol–water partition coefficient (Wildman–Crippen LogP) is 36.3. The summed E-state index contributed by atoms with van der Waals surface area (Å²) in [5.74, 6) is 0. The van der Waals surface area contributed by atoms with Gasteiger partial charge in [0.1, 0.15) is 0 Å². The van der Waals surface area contributed by atoms with Gasteiger partial charge >= 0.3 is 0 Å². The minimum absolute atomic E-state index is 0.918. The molecule has 0 N–H and O–H groups in total. The number of nitrogens with zero attached hydrogens (tertiary/aromatic N) is 7. The molecule has 21 aromatic carbocycles. The molecule has 0 radical (unpaired) electrons. The topological polar surface area (TPSA) is 90.2 Å². The molecule has 0 saturated carbocycles. The molecule has 0 aliphatic carbocycles. The molecule has 0 aliphatic rings. The van der Waals surface area contributed by atoms with Crippen LogP contribution in [0.15, 0.2) is 528 Å². The average Bonchev–Trinajstić information content (AvgIpc) is 0.731. The molecule has 0 saturated heterocycles. The molecule has 7 aromatic heterocycles. The van der Waals surface area contributed by atoms with Crippen molar-refractivity contribution in [3.8, 4) is 145 Å². The van der Waals surface area contributed by atoms with Gasteiger partial charge in [0.2, 0.25) is 0 Å². The Morgan fingerprint density at radius 1 is 0.125 bits per heavy atom. The minimum Gasteiger partial charge on any atom is -0.264 e. The number of pyridine rings is 7. The molecular formula is C137H87N7. The van der Waals surface area contributed by atoms with E-state index < -0.39 is 0 Å². The number of benzene rings is 21. The van der Waals surface area contributed by atoms with Gasteiger partial charge in [-0.15, -0.1) is 0 Å². The van der Waals surface area contributed by atoms with E-state index in [9.17, 15) is 0 Å². The zero-order valence-electron chi connectivity index (χ0n) is 78.4. The summed E-state index contributed by atoms with van der Waals surface area (Å²) in [5.41, 5.74) is 35.5. The first kappa shape index (κ1) is 85.2. The highest BCUT2D eigenvalue weighted by Crippen LogP contribution is 2.52. The summed E-state index contributed by atoms with van der Waals surface area (Å²) in [7, 11) is 0. The third kappa shape index (κ3) is 15.5. The molecule has 670 valence electrons. The van der Waals surface area contributed by atoms with E-state index in [1.54, 1.807) is 0 Å². The summed E-state index contributed by atoms with van der Waals surface area (Å²) in [6.07, 6.45) is 9.36. The summed E-state index contributed by atoms with van der Waals surface area (Å²) < 4.78 is 0. The quantitative estimate of drug-likeness (QED) is 0.0839. The molecule has 0 amide bonds. The second kappa shape index (κ2) is 36.9. The van der Waals surface area contributed by atoms with Crippen molar-refractivity contribution in [2.75, 3.05) is 0 Å². The van der Waals surface area contributed by atoms with Crippen LogP contribution in [-0.2, 0) is 0 Å². The molecule has 7 nitrogen and oxygen atoms in total. The SMILES string of the molecule is c1ccc(-c2cc(-c3ccc(-c4c5ccccc5c(-c5cccnc5)c5ccccc45)cc3)c3ccc4cccnc4c3n2)cc1.c1ccc(-c2ccc(-c3c4ccccc4c(-c4cc(-c5ccccc5)nc5c4ccc4cccnc45)c4ccccc34)cc2)cc1.c1ccc(-c2ccc3c(-c4ccc(-c5cc(-c6ccccc6)nc6c5ccc5cccnc56)cc4)c4ccccc4c(-c4ccccc4)c3c2)cc1. The molecular weight excluding hydrogens is 1740 g/mol. The van der Waals surface area contributed by atoms with Crippen LogP contribution in [-0.4, -0.2) is 34.9 Å². The summed E-state index contributed by atoms with van der Waals surface area (Å²) in [6, 6.07) is 178. The average molecular weight is 1830 g/mol. The molecule has 0 aliphatic heterocycles. The van der Waals surface area contributed by atoms with Crippen LogP contribution in [0.4, 0.5) is 0 Å². The van der Waals surface area contributed by atoms with E-state index in [2.05, 4.69) is 466 Å². The number of aromatic nitrogens is 7. The van der Waals surface area contributed by atoms with E-state index in [1.165, 1.54) is 143 Å². The lowest BCUT2D eigenvalue weighted by Crippen LogP contribution is -1.95. The Morgan fingerprint density at radius 3 is 0.708 bits per heavy atom. The molecule has 0 bridgehead atoms. The molecule has 7 heterocycles. The van der Waals surface area contributed by atoms with Crippen LogP contribution in [0.3, 0.4) is 0 Å². The van der Waals surface area contributed by atoms with Crippen molar-refractivity contribution >= 4 is 130 Å². The fourth-order valence-electron chi connectivity index (χ4n) is 21.7. The van der Waals surface area contributed by atoms with Gasteiger partial charge in [0.25, 0.3) is 0 Å². The zero-order valence-corrected chi connectivity index (χ0v) is 78.4. The molecule has 0 atom stereocenters. The third-order valence-corrected chi connectivity index (χ3v) is 28.4. The lowest BCUT2D eigenvalue weighted by molar-refractivity contribution is 1.33. The summed E-state index contributed by atoms with van der Waals surface area (Å²) in [4.78, 5) is 34.4. The Balaban J connectivity index is 0.000000110. The summed E-state index contributed by atoms with van der Waals surface area (Å²) >= 11 is 0. The lowest BCUT2D eigenvalue weighted by atomic mass is 9.84. The van der Waals surface area contributed by atoms with Gasteiger partial charge in [0.15, 0.2) is 0 Å². The molecule has 28 aromatic rings. The maximum absolute atomic E-state index is 5.26. The number of hydrogen-bond donors (Lipinski definition) is 0. The second-order valence-electron chi connectivity index (χ2n) is 36.7. The monoisotopic (exact) mass is 1830 g/mol. The first-order chi connectivity index (χ1) is 71.5. The summed E-state index contributed by atoms with van der Waals surface area (Å²) in [5, 5.41) is 21.3. The normalized spacial score (nSPS) is 11.5. The van der Waals surface area contributed by atoms with Gasteiger partial charge < -0.3 is 0 Å². The Bertz CT molecular complexity index is 9710. The molecule has 0 spiro atoms. The largest absolute Gasteiger partial charge is 0.264 e. The van der Waals surface area contributed by atoms with Crippen molar-refractivity contribution in [2.24, 2.45) is 0 Å². The van der Waals surface area contributed by atoms with Gasteiger partial charge in [-0.05, 0) is 219 Å². The number of rotatable bonds is 13. The molecule has 7 heteroatoms. The van der Waals surface area contributed by atoms with Gasteiger partial charge in [-0.2, -0.15) is 0 Å². The third-order valence-electron chi connectivity index (χ3n) is 28.4. The van der Waals surface area contributed by atoms with E-state index in [1.807, 2.05) is 67.4 Å². The van der Waals surface area contributed by atoms with Crippen molar-refractivity contribution in [1.82, 2.24) is 34.9 Å². The smallest absolute Gasteiger partial charge is 0.0978 e. The molecule has 28 rings (SSSR count). The fourth-order valence-corrected chi connectivity index (χ4v) is 21.7. The Kier molecular flexibility index (Phi) is 21.9. The van der Waals surface area contributed by atoms with Crippen LogP contribution in [0.25, 0.3) is 275 Å². The molecule has 0 fully saturated rings. The predicted molar refractivity (Wildman–Crippen MR) is 605 cm³/mol. The van der Waals surface area contributed by atoms with Crippen LogP contribution < -0.4 is 0 Å². The highest BCUT2D eigenvalue weighted by molar-refractivity contribution is 6.27. The maximum Gasteiger partial charge on any atom is 0.0978 e. The van der Waals surface area contributed by atoms with Crippen LogP contribution in [0, 0.1) is 0 Å². The van der Waals surface area contributed by atoms with Crippen molar-refractivity contribution in [2.45, 2.75) is 0 Å². The minimum atomic E-state index is 0.918. The second-order valence-corrected chi connectivity index (χ2v) is 36.7. The van der Waals surface area contributed by atoms with Crippen molar-refractivity contribution in [3.63, 3.8) is 0 Å².